The Balaban J connectivity index is 2.09. The lowest BCUT2D eigenvalue weighted by Crippen LogP contribution is -2.02. The SMILES string of the molecule is NCc1cc(Cl)ccc1OCc1ccno1. The van der Waals surface area contributed by atoms with Crippen LogP contribution in [0.1, 0.15) is 11.3 Å². The van der Waals surface area contributed by atoms with E-state index in [1.54, 1.807) is 30.5 Å². The van der Waals surface area contributed by atoms with Crippen LogP contribution in [-0.2, 0) is 13.2 Å². The van der Waals surface area contributed by atoms with E-state index in [-0.39, 0.29) is 0 Å². The third-order valence-corrected chi connectivity index (χ3v) is 2.34. The summed E-state index contributed by atoms with van der Waals surface area (Å²) in [6.07, 6.45) is 1.57. The molecule has 0 aliphatic carbocycles. The Bertz CT molecular complexity index is 457. The molecule has 2 aromatic rings. The van der Waals surface area contributed by atoms with Gasteiger partial charge in [0.15, 0.2) is 5.76 Å². The van der Waals surface area contributed by atoms with Crippen molar-refractivity contribution in [3.63, 3.8) is 0 Å². The highest BCUT2D eigenvalue weighted by Crippen LogP contribution is 2.23. The Kier molecular flexibility index (Phi) is 3.44. The number of hydrogen-bond acceptors (Lipinski definition) is 4. The van der Waals surface area contributed by atoms with Crippen molar-refractivity contribution in [1.29, 1.82) is 0 Å². The van der Waals surface area contributed by atoms with E-state index in [2.05, 4.69) is 5.16 Å². The maximum absolute atomic E-state index is 5.86. The largest absolute Gasteiger partial charge is 0.485 e. The van der Waals surface area contributed by atoms with E-state index in [0.29, 0.717) is 29.7 Å². The van der Waals surface area contributed by atoms with Crippen molar-refractivity contribution in [3.05, 3.63) is 46.8 Å². The molecule has 0 unspecified atom stereocenters. The van der Waals surface area contributed by atoms with Gasteiger partial charge in [-0.05, 0) is 18.2 Å². The minimum absolute atomic E-state index is 0.328. The minimum atomic E-state index is 0.328. The molecule has 2 rings (SSSR count). The van der Waals surface area contributed by atoms with E-state index in [1.165, 1.54) is 0 Å². The van der Waals surface area contributed by atoms with Crippen molar-refractivity contribution in [3.8, 4) is 5.75 Å². The molecule has 1 aromatic heterocycles. The van der Waals surface area contributed by atoms with Gasteiger partial charge in [-0.2, -0.15) is 0 Å². The van der Waals surface area contributed by atoms with E-state index < -0.39 is 0 Å². The van der Waals surface area contributed by atoms with Crippen molar-refractivity contribution >= 4 is 11.6 Å². The van der Waals surface area contributed by atoms with Crippen LogP contribution in [0.4, 0.5) is 0 Å². The Morgan fingerprint density at radius 2 is 2.25 bits per heavy atom. The highest BCUT2D eigenvalue weighted by Gasteiger charge is 2.05. The standard InChI is InChI=1S/C11H11ClN2O2/c12-9-1-2-11(8(5-9)6-13)15-7-10-3-4-14-16-10/h1-5H,6-7,13H2. The maximum Gasteiger partial charge on any atom is 0.174 e. The summed E-state index contributed by atoms with van der Waals surface area (Å²) in [5.41, 5.74) is 6.46. The summed E-state index contributed by atoms with van der Waals surface area (Å²) in [6, 6.07) is 7.09. The van der Waals surface area contributed by atoms with E-state index in [1.807, 2.05) is 0 Å². The highest BCUT2D eigenvalue weighted by molar-refractivity contribution is 6.30. The third-order valence-electron chi connectivity index (χ3n) is 2.10. The first-order valence-electron chi connectivity index (χ1n) is 4.80. The van der Waals surface area contributed by atoms with Crippen molar-refractivity contribution in [2.45, 2.75) is 13.2 Å². The first-order valence-corrected chi connectivity index (χ1v) is 5.18. The van der Waals surface area contributed by atoms with E-state index >= 15 is 0 Å². The van der Waals surface area contributed by atoms with E-state index in [4.69, 9.17) is 26.6 Å². The molecule has 2 N–H and O–H groups in total. The lowest BCUT2D eigenvalue weighted by molar-refractivity contribution is 0.247. The van der Waals surface area contributed by atoms with Gasteiger partial charge in [0.25, 0.3) is 0 Å². The van der Waals surface area contributed by atoms with Gasteiger partial charge in [0.05, 0.1) is 6.20 Å². The molecule has 4 nitrogen and oxygen atoms in total. The molecule has 0 spiro atoms. The van der Waals surface area contributed by atoms with Gasteiger partial charge in [-0.3, -0.25) is 0 Å². The average Bonchev–Trinajstić information content (AvgIpc) is 2.80. The van der Waals surface area contributed by atoms with Crippen molar-refractivity contribution in [1.82, 2.24) is 5.16 Å². The molecule has 1 aromatic carbocycles. The van der Waals surface area contributed by atoms with Gasteiger partial charge in [-0.15, -0.1) is 0 Å². The Labute approximate surface area is 97.9 Å². The minimum Gasteiger partial charge on any atom is -0.485 e. The van der Waals surface area contributed by atoms with Crippen molar-refractivity contribution in [2.24, 2.45) is 5.73 Å². The highest BCUT2D eigenvalue weighted by atomic mass is 35.5. The Morgan fingerprint density at radius 3 is 2.94 bits per heavy atom. The summed E-state index contributed by atoms with van der Waals surface area (Å²) in [5.74, 6) is 1.38. The molecule has 0 fully saturated rings. The second-order valence-corrected chi connectivity index (χ2v) is 3.66. The normalized spacial score (nSPS) is 10.4. The van der Waals surface area contributed by atoms with Crippen LogP contribution in [0.15, 0.2) is 35.0 Å². The van der Waals surface area contributed by atoms with Gasteiger partial charge < -0.3 is 15.0 Å². The van der Waals surface area contributed by atoms with Gasteiger partial charge in [0, 0.05) is 23.2 Å². The van der Waals surface area contributed by atoms with Crippen LogP contribution in [0.5, 0.6) is 5.75 Å². The third kappa shape index (κ3) is 2.53. The molecule has 84 valence electrons. The van der Waals surface area contributed by atoms with E-state index in [0.717, 1.165) is 5.56 Å². The number of nitrogens with zero attached hydrogens (tertiary/aromatic N) is 1. The van der Waals surface area contributed by atoms with Gasteiger partial charge in [0.2, 0.25) is 0 Å². The van der Waals surface area contributed by atoms with E-state index in [9.17, 15) is 0 Å². The number of hydrogen-bond donors (Lipinski definition) is 1. The maximum atomic E-state index is 5.86. The summed E-state index contributed by atoms with van der Waals surface area (Å²) < 4.78 is 10.5. The topological polar surface area (TPSA) is 61.3 Å². The number of rotatable bonds is 4. The summed E-state index contributed by atoms with van der Waals surface area (Å²) in [6.45, 7) is 0.709. The zero-order valence-corrected chi connectivity index (χ0v) is 9.28. The van der Waals surface area contributed by atoms with Crippen LogP contribution in [-0.4, -0.2) is 5.16 Å². The lowest BCUT2D eigenvalue weighted by atomic mass is 10.2. The Morgan fingerprint density at radius 1 is 1.38 bits per heavy atom. The zero-order chi connectivity index (χ0) is 11.4. The molecular formula is C11H11ClN2O2. The predicted octanol–water partition coefficient (Wildman–Crippen LogP) is 2.37. The van der Waals surface area contributed by atoms with Crippen LogP contribution in [0, 0.1) is 0 Å². The summed E-state index contributed by atoms with van der Waals surface area (Å²) in [4.78, 5) is 0. The van der Waals surface area contributed by atoms with Crippen LogP contribution < -0.4 is 10.5 Å². The fraction of sp³-hybridized carbons (Fsp3) is 0.182. The monoisotopic (exact) mass is 238 g/mol. The number of ether oxygens (including phenoxy) is 1. The van der Waals surface area contributed by atoms with Crippen LogP contribution in [0.2, 0.25) is 5.02 Å². The smallest absolute Gasteiger partial charge is 0.174 e. The summed E-state index contributed by atoms with van der Waals surface area (Å²) in [5, 5.41) is 4.24. The summed E-state index contributed by atoms with van der Waals surface area (Å²) in [7, 11) is 0. The van der Waals surface area contributed by atoms with Crippen molar-refractivity contribution in [2.75, 3.05) is 0 Å². The van der Waals surface area contributed by atoms with Crippen molar-refractivity contribution < 1.29 is 9.26 Å². The zero-order valence-electron chi connectivity index (χ0n) is 8.52. The van der Waals surface area contributed by atoms with Gasteiger partial charge in [0.1, 0.15) is 12.4 Å². The first-order chi connectivity index (χ1) is 7.79. The second-order valence-electron chi connectivity index (χ2n) is 3.22. The summed E-state index contributed by atoms with van der Waals surface area (Å²) >= 11 is 5.86. The molecule has 16 heavy (non-hydrogen) atoms. The Hall–Kier alpha value is -1.52. The molecule has 0 bridgehead atoms. The quantitative estimate of drug-likeness (QED) is 0.888. The number of aromatic nitrogens is 1. The van der Waals surface area contributed by atoms with Gasteiger partial charge in [-0.25, -0.2) is 0 Å². The molecule has 0 aliphatic heterocycles. The predicted molar refractivity (Wildman–Crippen MR) is 60.2 cm³/mol. The second kappa shape index (κ2) is 5.01. The van der Waals surface area contributed by atoms with Crippen LogP contribution in [0.3, 0.4) is 0 Å². The molecule has 0 amide bonds. The lowest BCUT2D eigenvalue weighted by Gasteiger charge is -2.08. The molecule has 0 radical (unpaired) electrons. The number of halogens is 1. The van der Waals surface area contributed by atoms with Gasteiger partial charge >= 0.3 is 0 Å². The average molecular weight is 239 g/mol. The van der Waals surface area contributed by atoms with Crippen LogP contribution >= 0.6 is 11.6 Å². The van der Waals surface area contributed by atoms with Gasteiger partial charge in [-0.1, -0.05) is 16.8 Å². The fourth-order valence-corrected chi connectivity index (χ4v) is 1.51. The number of nitrogens with two attached hydrogens (primary N) is 1. The van der Waals surface area contributed by atoms with Crippen LogP contribution in [0.25, 0.3) is 0 Å². The molecule has 1 heterocycles. The molecular weight excluding hydrogens is 228 g/mol. The molecule has 0 aliphatic rings. The first kappa shape index (κ1) is 11.0. The fourth-order valence-electron chi connectivity index (χ4n) is 1.31. The number of benzene rings is 1. The molecule has 5 heteroatoms. The molecule has 0 saturated heterocycles. The molecule has 0 saturated carbocycles. The molecule has 0 atom stereocenters.